The van der Waals surface area contributed by atoms with Gasteiger partial charge in [0.15, 0.2) is 10.2 Å². The highest BCUT2D eigenvalue weighted by Crippen LogP contribution is 2.40. The van der Waals surface area contributed by atoms with Gasteiger partial charge in [-0.25, -0.2) is 23.4 Å². The number of rotatable bonds is 7. The maximum absolute atomic E-state index is 14.6. The Morgan fingerprint density at radius 3 is 2.77 bits per heavy atom. The van der Waals surface area contributed by atoms with E-state index in [0.717, 1.165) is 23.7 Å². The lowest BCUT2D eigenvalue weighted by atomic mass is 9.90. The lowest BCUT2D eigenvalue weighted by Crippen LogP contribution is -2.41. The summed E-state index contributed by atoms with van der Waals surface area (Å²) in [7, 11) is 0. The molecule has 2 aromatic carbocycles. The van der Waals surface area contributed by atoms with Gasteiger partial charge in [-0.2, -0.15) is 9.47 Å². The summed E-state index contributed by atoms with van der Waals surface area (Å²) < 4.78 is 34.4. The summed E-state index contributed by atoms with van der Waals surface area (Å²) in [6.07, 6.45) is 2.74. The zero-order chi connectivity index (χ0) is 22.0. The molecule has 2 heterocycles. The first-order chi connectivity index (χ1) is 14.9. The SMILES string of the molecule is C[C@@H](Sc1nc(-c2ccccc2Cl)ns1)[C@](O)(Cn1cncn1)c1ccc(F)cc1F. The van der Waals surface area contributed by atoms with E-state index in [-0.39, 0.29) is 12.1 Å². The minimum atomic E-state index is -1.73. The predicted octanol–water partition coefficient (Wildman–Crippen LogP) is 4.80. The third kappa shape index (κ3) is 4.62. The van der Waals surface area contributed by atoms with Crippen molar-refractivity contribution in [2.45, 2.75) is 28.7 Å². The van der Waals surface area contributed by atoms with Crippen LogP contribution >= 0.6 is 34.9 Å². The molecule has 0 amide bonds. The van der Waals surface area contributed by atoms with E-state index in [1.54, 1.807) is 13.0 Å². The number of thioether (sulfide) groups is 1. The van der Waals surface area contributed by atoms with Crippen LogP contribution in [0, 0.1) is 11.6 Å². The topological polar surface area (TPSA) is 76.7 Å². The van der Waals surface area contributed by atoms with E-state index in [2.05, 4.69) is 19.4 Å². The summed E-state index contributed by atoms with van der Waals surface area (Å²) in [5.41, 5.74) is -1.07. The average molecular weight is 480 g/mol. The molecule has 0 saturated heterocycles. The van der Waals surface area contributed by atoms with Gasteiger partial charge >= 0.3 is 0 Å². The fraction of sp³-hybridized carbons (Fsp3) is 0.200. The first-order valence-corrected chi connectivity index (χ1v) is 11.2. The summed E-state index contributed by atoms with van der Waals surface area (Å²) in [6.45, 7) is 1.65. The average Bonchev–Trinajstić information content (AvgIpc) is 3.40. The van der Waals surface area contributed by atoms with E-state index >= 15 is 0 Å². The summed E-state index contributed by atoms with van der Waals surface area (Å²) in [6, 6.07) is 10.3. The Balaban J connectivity index is 1.65. The Morgan fingerprint density at radius 1 is 1.26 bits per heavy atom. The molecular weight excluding hydrogens is 464 g/mol. The second-order valence-electron chi connectivity index (χ2n) is 6.77. The van der Waals surface area contributed by atoms with Crippen molar-refractivity contribution in [1.29, 1.82) is 0 Å². The molecule has 1 N–H and O–H groups in total. The van der Waals surface area contributed by atoms with Gasteiger partial charge in [0.25, 0.3) is 0 Å². The minimum Gasteiger partial charge on any atom is -0.382 e. The van der Waals surface area contributed by atoms with Gasteiger partial charge in [-0.15, -0.1) is 0 Å². The van der Waals surface area contributed by atoms with Gasteiger partial charge < -0.3 is 5.11 Å². The number of halogens is 3. The van der Waals surface area contributed by atoms with Gasteiger partial charge in [-0.05, 0) is 36.7 Å². The molecular formula is C20H16ClF2N5OS2. The van der Waals surface area contributed by atoms with Crippen LogP contribution in [0.5, 0.6) is 0 Å². The second-order valence-corrected chi connectivity index (χ2v) is 9.51. The Kier molecular flexibility index (Phi) is 6.33. The van der Waals surface area contributed by atoms with Crippen LogP contribution in [0.2, 0.25) is 5.02 Å². The lowest BCUT2D eigenvalue weighted by molar-refractivity contribution is 0.0133. The molecule has 160 valence electrons. The van der Waals surface area contributed by atoms with Crippen molar-refractivity contribution in [2.24, 2.45) is 0 Å². The van der Waals surface area contributed by atoms with Crippen LogP contribution in [-0.2, 0) is 12.1 Å². The first-order valence-electron chi connectivity index (χ1n) is 9.12. The molecule has 0 aliphatic heterocycles. The van der Waals surface area contributed by atoms with E-state index in [9.17, 15) is 13.9 Å². The maximum atomic E-state index is 14.6. The van der Waals surface area contributed by atoms with Crippen molar-refractivity contribution in [1.82, 2.24) is 24.1 Å². The van der Waals surface area contributed by atoms with E-state index in [4.69, 9.17) is 11.6 Å². The van der Waals surface area contributed by atoms with E-state index in [1.165, 1.54) is 35.2 Å². The highest BCUT2D eigenvalue weighted by molar-refractivity contribution is 8.01. The molecule has 4 aromatic rings. The van der Waals surface area contributed by atoms with Crippen molar-refractivity contribution in [3.63, 3.8) is 0 Å². The van der Waals surface area contributed by atoms with Gasteiger partial charge in [0, 0.05) is 22.4 Å². The first kappa shape index (κ1) is 21.8. The largest absolute Gasteiger partial charge is 0.382 e. The van der Waals surface area contributed by atoms with E-state index in [0.29, 0.717) is 20.8 Å². The molecule has 0 aliphatic rings. The molecule has 0 spiro atoms. The van der Waals surface area contributed by atoms with Gasteiger partial charge in [0.05, 0.1) is 11.6 Å². The summed E-state index contributed by atoms with van der Waals surface area (Å²) in [5.74, 6) is -1.10. The predicted molar refractivity (Wildman–Crippen MR) is 116 cm³/mol. The summed E-state index contributed by atoms with van der Waals surface area (Å²) >= 11 is 8.61. The normalized spacial score (nSPS) is 14.4. The molecule has 0 unspecified atom stereocenters. The van der Waals surface area contributed by atoms with Gasteiger partial charge in [-0.3, -0.25) is 0 Å². The van der Waals surface area contributed by atoms with Crippen molar-refractivity contribution in [3.8, 4) is 11.4 Å². The van der Waals surface area contributed by atoms with Crippen LogP contribution in [0.3, 0.4) is 0 Å². The van der Waals surface area contributed by atoms with Crippen molar-refractivity contribution in [2.75, 3.05) is 0 Å². The molecule has 2 aromatic heterocycles. The maximum Gasteiger partial charge on any atom is 0.175 e. The second kappa shape index (κ2) is 8.99. The van der Waals surface area contributed by atoms with Crippen LogP contribution in [0.1, 0.15) is 12.5 Å². The zero-order valence-corrected chi connectivity index (χ0v) is 18.5. The molecule has 31 heavy (non-hydrogen) atoms. The summed E-state index contributed by atoms with van der Waals surface area (Å²) in [4.78, 5) is 8.38. The van der Waals surface area contributed by atoms with Gasteiger partial charge in [0.2, 0.25) is 0 Å². The van der Waals surface area contributed by atoms with Crippen LogP contribution in [0.4, 0.5) is 8.78 Å². The Hall–Kier alpha value is -2.40. The van der Waals surface area contributed by atoms with Crippen LogP contribution < -0.4 is 0 Å². The van der Waals surface area contributed by atoms with Gasteiger partial charge in [-0.1, -0.05) is 41.6 Å². The zero-order valence-electron chi connectivity index (χ0n) is 16.1. The smallest absolute Gasteiger partial charge is 0.175 e. The van der Waals surface area contributed by atoms with E-state index < -0.39 is 22.5 Å². The lowest BCUT2D eigenvalue weighted by Gasteiger charge is -2.33. The van der Waals surface area contributed by atoms with Crippen LogP contribution in [0.25, 0.3) is 11.4 Å². The quantitative estimate of drug-likeness (QED) is 0.384. The Bertz CT molecular complexity index is 1190. The molecule has 0 saturated carbocycles. The standard InChI is InChI=1S/C20H16ClF2N5OS2/c1-12(30-19-26-18(27-31-19)14-4-2-3-5-16(14)21)20(29,9-28-11-24-10-25-28)15-7-6-13(22)8-17(15)23/h2-8,10-12,29H,9H2,1H3/t12-,20-/m1/s1. The number of hydrogen-bond acceptors (Lipinski definition) is 7. The third-order valence-electron chi connectivity index (χ3n) is 4.74. The number of nitrogens with zero attached hydrogens (tertiary/aromatic N) is 5. The fourth-order valence-electron chi connectivity index (χ4n) is 3.09. The van der Waals surface area contributed by atoms with Crippen molar-refractivity contribution in [3.05, 3.63) is 77.3 Å². The molecule has 0 fully saturated rings. The van der Waals surface area contributed by atoms with Crippen molar-refractivity contribution >= 4 is 34.9 Å². The number of benzene rings is 2. The summed E-state index contributed by atoms with van der Waals surface area (Å²) in [5, 5.41) is 15.5. The number of aliphatic hydroxyl groups is 1. The highest BCUT2D eigenvalue weighted by atomic mass is 35.5. The molecule has 2 atom stereocenters. The molecule has 0 radical (unpaired) electrons. The third-order valence-corrected chi connectivity index (χ3v) is 7.13. The number of hydrogen-bond donors (Lipinski definition) is 1. The molecule has 4 rings (SSSR count). The van der Waals surface area contributed by atoms with Crippen LogP contribution in [0.15, 0.2) is 59.5 Å². The molecule has 0 bridgehead atoms. The highest BCUT2D eigenvalue weighted by Gasteiger charge is 2.40. The minimum absolute atomic E-state index is 0.0414. The van der Waals surface area contributed by atoms with Crippen molar-refractivity contribution < 1.29 is 13.9 Å². The van der Waals surface area contributed by atoms with Gasteiger partial charge in [0.1, 0.15) is 29.9 Å². The van der Waals surface area contributed by atoms with Crippen LogP contribution in [-0.4, -0.2) is 34.5 Å². The monoisotopic (exact) mass is 479 g/mol. The Labute approximate surface area is 190 Å². The number of aromatic nitrogens is 5. The molecule has 6 nitrogen and oxygen atoms in total. The fourth-order valence-corrected chi connectivity index (χ4v) is 5.30. The molecule has 11 heteroatoms. The molecule has 0 aliphatic carbocycles. The Morgan fingerprint density at radius 2 is 2.06 bits per heavy atom. The van der Waals surface area contributed by atoms with E-state index in [1.807, 2.05) is 18.2 Å².